The normalized spacial score (nSPS) is 11.5. The number of nitrogen functional groups attached to an aromatic ring is 1. The van der Waals surface area contributed by atoms with Crippen molar-refractivity contribution in [1.29, 1.82) is 0 Å². The number of benzene rings is 2. The van der Waals surface area contributed by atoms with E-state index in [1.165, 1.54) is 24.9 Å². The van der Waals surface area contributed by atoms with Gasteiger partial charge >= 0.3 is 0 Å². The van der Waals surface area contributed by atoms with Crippen molar-refractivity contribution in [3.63, 3.8) is 0 Å². The van der Waals surface area contributed by atoms with Crippen LogP contribution in [0.1, 0.15) is 0 Å². The lowest BCUT2D eigenvalue weighted by Crippen LogP contribution is -2.18. The van der Waals surface area contributed by atoms with Gasteiger partial charge in [-0.15, -0.1) is 0 Å². The average molecular weight is 373 g/mol. The Kier molecular flexibility index (Phi) is 4.74. The summed E-state index contributed by atoms with van der Waals surface area (Å²) in [7, 11) is -2.08. The SMILES string of the molecule is CNS(=O)(=O)c1ccc(N)c(Sc2cccc(Br)c2)c1. The molecule has 0 atom stereocenters. The number of nitrogens with two attached hydrogens (primary N) is 1. The Morgan fingerprint density at radius 1 is 1.20 bits per heavy atom. The molecular weight excluding hydrogens is 360 g/mol. The summed E-state index contributed by atoms with van der Waals surface area (Å²) in [5.74, 6) is 0. The van der Waals surface area contributed by atoms with E-state index in [9.17, 15) is 8.42 Å². The quantitative estimate of drug-likeness (QED) is 0.808. The van der Waals surface area contributed by atoms with Crippen molar-refractivity contribution in [2.24, 2.45) is 0 Å². The van der Waals surface area contributed by atoms with Crippen molar-refractivity contribution in [2.75, 3.05) is 12.8 Å². The van der Waals surface area contributed by atoms with Gasteiger partial charge in [0, 0.05) is 20.0 Å². The van der Waals surface area contributed by atoms with Crippen molar-refractivity contribution >= 4 is 43.4 Å². The molecule has 0 bridgehead atoms. The van der Waals surface area contributed by atoms with Crippen LogP contribution in [0.5, 0.6) is 0 Å². The van der Waals surface area contributed by atoms with Gasteiger partial charge in [0.1, 0.15) is 0 Å². The highest BCUT2D eigenvalue weighted by Gasteiger charge is 2.13. The largest absolute Gasteiger partial charge is 0.398 e. The summed E-state index contributed by atoms with van der Waals surface area (Å²) in [5, 5.41) is 0. The minimum atomic E-state index is -3.47. The molecule has 0 saturated heterocycles. The molecule has 0 unspecified atom stereocenters. The van der Waals surface area contributed by atoms with Gasteiger partial charge in [0.2, 0.25) is 10.0 Å². The molecule has 106 valence electrons. The molecule has 0 aromatic heterocycles. The van der Waals surface area contributed by atoms with Gasteiger partial charge in [0.15, 0.2) is 0 Å². The fourth-order valence-corrected chi connectivity index (χ4v) is 3.89. The number of hydrogen-bond acceptors (Lipinski definition) is 4. The van der Waals surface area contributed by atoms with Gasteiger partial charge in [-0.05, 0) is 43.4 Å². The number of rotatable bonds is 4. The Hall–Kier alpha value is -1.02. The lowest BCUT2D eigenvalue weighted by Gasteiger charge is -2.09. The van der Waals surface area contributed by atoms with Crippen molar-refractivity contribution in [2.45, 2.75) is 14.7 Å². The van der Waals surface area contributed by atoms with Gasteiger partial charge in [-0.3, -0.25) is 0 Å². The van der Waals surface area contributed by atoms with Crippen LogP contribution in [-0.2, 0) is 10.0 Å². The maximum Gasteiger partial charge on any atom is 0.240 e. The van der Waals surface area contributed by atoms with E-state index < -0.39 is 10.0 Å². The molecule has 0 saturated carbocycles. The van der Waals surface area contributed by atoms with Crippen LogP contribution in [0.3, 0.4) is 0 Å². The van der Waals surface area contributed by atoms with Crippen LogP contribution in [0.15, 0.2) is 61.6 Å². The predicted molar refractivity (Wildman–Crippen MR) is 85.4 cm³/mol. The third-order valence-electron chi connectivity index (χ3n) is 2.59. The first-order valence-corrected chi connectivity index (χ1v) is 8.78. The third kappa shape index (κ3) is 3.54. The molecule has 0 fully saturated rings. The Balaban J connectivity index is 2.39. The predicted octanol–water partition coefficient (Wildman–Crippen LogP) is 3.09. The van der Waals surface area contributed by atoms with E-state index in [4.69, 9.17) is 5.73 Å². The molecule has 0 amide bonds. The first-order chi connectivity index (χ1) is 9.42. The molecule has 3 N–H and O–H groups in total. The minimum absolute atomic E-state index is 0.201. The number of anilines is 1. The van der Waals surface area contributed by atoms with Crippen LogP contribution >= 0.6 is 27.7 Å². The first kappa shape index (κ1) is 15.4. The lowest BCUT2D eigenvalue weighted by molar-refractivity contribution is 0.588. The second-order valence-electron chi connectivity index (χ2n) is 3.97. The monoisotopic (exact) mass is 372 g/mol. The zero-order valence-electron chi connectivity index (χ0n) is 10.6. The first-order valence-electron chi connectivity index (χ1n) is 5.69. The number of nitrogens with one attached hydrogen (secondary N) is 1. The smallest absolute Gasteiger partial charge is 0.240 e. The minimum Gasteiger partial charge on any atom is -0.398 e. The third-order valence-corrected chi connectivity index (χ3v) is 5.56. The van der Waals surface area contributed by atoms with E-state index in [-0.39, 0.29) is 4.90 Å². The molecule has 4 nitrogen and oxygen atoms in total. The molecule has 0 radical (unpaired) electrons. The Bertz CT molecular complexity index is 733. The summed E-state index contributed by atoms with van der Waals surface area (Å²) in [6, 6.07) is 12.4. The van der Waals surface area contributed by atoms with Crippen LogP contribution in [-0.4, -0.2) is 15.5 Å². The molecule has 0 aliphatic heterocycles. The molecule has 0 heterocycles. The van der Waals surface area contributed by atoms with Crippen LogP contribution in [0.25, 0.3) is 0 Å². The maximum absolute atomic E-state index is 11.8. The van der Waals surface area contributed by atoms with Crippen molar-refractivity contribution < 1.29 is 8.42 Å². The number of hydrogen-bond donors (Lipinski definition) is 2. The molecule has 2 rings (SSSR count). The van der Waals surface area contributed by atoms with Crippen LogP contribution in [0, 0.1) is 0 Å². The fraction of sp³-hybridized carbons (Fsp3) is 0.0769. The summed E-state index contributed by atoms with van der Waals surface area (Å²) in [6.45, 7) is 0. The number of halogens is 1. The van der Waals surface area contributed by atoms with E-state index in [0.29, 0.717) is 10.6 Å². The molecule has 0 aliphatic carbocycles. The highest BCUT2D eigenvalue weighted by molar-refractivity contribution is 9.10. The van der Waals surface area contributed by atoms with Gasteiger partial charge in [-0.2, -0.15) is 0 Å². The topological polar surface area (TPSA) is 72.2 Å². The van der Waals surface area contributed by atoms with E-state index in [2.05, 4.69) is 20.7 Å². The summed E-state index contributed by atoms with van der Waals surface area (Å²) >= 11 is 4.82. The van der Waals surface area contributed by atoms with Crippen LogP contribution in [0.4, 0.5) is 5.69 Å². The van der Waals surface area contributed by atoms with Gasteiger partial charge in [-0.25, -0.2) is 13.1 Å². The lowest BCUT2D eigenvalue weighted by atomic mass is 10.3. The molecule has 0 spiro atoms. The highest BCUT2D eigenvalue weighted by Crippen LogP contribution is 2.34. The second kappa shape index (κ2) is 6.17. The summed E-state index contributed by atoms with van der Waals surface area (Å²) in [5.41, 5.74) is 6.46. The van der Waals surface area contributed by atoms with Crippen LogP contribution < -0.4 is 10.5 Å². The summed E-state index contributed by atoms with van der Waals surface area (Å²) < 4.78 is 26.9. The van der Waals surface area contributed by atoms with Crippen molar-refractivity contribution in [1.82, 2.24) is 4.72 Å². The van der Waals surface area contributed by atoms with Crippen molar-refractivity contribution in [3.05, 3.63) is 46.9 Å². The zero-order chi connectivity index (χ0) is 14.8. The van der Waals surface area contributed by atoms with E-state index in [1.54, 1.807) is 12.1 Å². The fourth-order valence-electron chi connectivity index (χ4n) is 1.55. The van der Waals surface area contributed by atoms with Gasteiger partial charge in [-0.1, -0.05) is 33.8 Å². The standard InChI is InChI=1S/C13H13BrN2O2S2/c1-16-20(17,18)11-5-6-12(15)13(8-11)19-10-4-2-3-9(14)7-10/h2-8,16H,15H2,1H3. The molecule has 2 aromatic carbocycles. The van der Waals surface area contributed by atoms with Crippen molar-refractivity contribution in [3.8, 4) is 0 Å². The summed E-state index contributed by atoms with van der Waals surface area (Å²) in [6.07, 6.45) is 0. The molecule has 20 heavy (non-hydrogen) atoms. The number of sulfonamides is 1. The summed E-state index contributed by atoms with van der Waals surface area (Å²) in [4.78, 5) is 1.89. The van der Waals surface area contributed by atoms with Gasteiger partial charge in [0.25, 0.3) is 0 Å². The highest BCUT2D eigenvalue weighted by atomic mass is 79.9. The van der Waals surface area contributed by atoms with E-state index >= 15 is 0 Å². The zero-order valence-corrected chi connectivity index (χ0v) is 13.8. The molecule has 0 aliphatic rings. The Morgan fingerprint density at radius 2 is 1.95 bits per heavy atom. The molecule has 2 aromatic rings. The Labute approximate surface area is 130 Å². The van der Waals surface area contributed by atoms with E-state index in [1.807, 2.05) is 24.3 Å². The van der Waals surface area contributed by atoms with E-state index in [0.717, 1.165) is 9.37 Å². The molecular formula is C13H13BrN2O2S2. The maximum atomic E-state index is 11.8. The Morgan fingerprint density at radius 3 is 2.60 bits per heavy atom. The second-order valence-corrected chi connectivity index (χ2v) is 7.88. The average Bonchev–Trinajstić information content (AvgIpc) is 2.41. The van der Waals surface area contributed by atoms with Gasteiger partial charge < -0.3 is 5.73 Å². The van der Waals surface area contributed by atoms with Gasteiger partial charge in [0.05, 0.1) is 4.90 Å². The van der Waals surface area contributed by atoms with Crippen LogP contribution in [0.2, 0.25) is 0 Å². The molecule has 7 heteroatoms.